The van der Waals surface area contributed by atoms with Crippen molar-refractivity contribution in [2.75, 3.05) is 6.61 Å². The van der Waals surface area contributed by atoms with E-state index in [0.717, 1.165) is 0 Å². The minimum absolute atomic E-state index is 0.0515. The minimum atomic E-state index is -1.18. The van der Waals surface area contributed by atoms with Gasteiger partial charge in [-0.1, -0.05) is 58.9 Å². The van der Waals surface area contributed by atoms with Crippen LogP contribution in [-0.2, 0) is 15.0 Å². The maximum atomic E-state index is 12.3. The fourth-order valence-electron chi connectivity index (χ4n) is 2.54. The number of rotatable bonds is 8. The molecule has 0 aliphatic rings. The smallest absolute Gasteiger partial charge is 0.217 e. The van der Waals surface area contributed by atoms with Gasteiger partial charge in [0.25, 0.3) is 0 Å². The van der Waals surface area contributed by atoms with Gasteiger partial charge in [-0.2, -0.15) is 0 Å². The van der Waals surface area contributed by atoms with Crippen LogP contribution in [0.2, 0.25) is 0 Å². The van der Waals surface area contributed by atoms with E-state index >= 15 is 0 Å². The van der Waals surface area contributed by atoms with Crippen molar-refractivity contribution < 1.29 is 19.1 Å². The predicted octanol–water partition coefficient (Wildman–Crippen LogP) is 4.70. The van der Waals surface area contributed by atoms with Crippen molar-refractivity contribution in [3.8, 4) is 11.5 Å². The molecule has 0 spiro atoms. The number of ether oxygens (including phenoxy) is 2. The number of aldehydes is 1. The highest BCUT2D eigenvalue weighted by molar-refractivity contribution is 5.97. The zero-order valence-corrected chi connectivity index (χ0v) is 16.7. The lowest BCUT2D eigenvalue weighted by atomic mass is 9.87. The number of hydrogen-bond donors (Lipinski definition) is 0. The molecule has 0 fully saturated rings. The highest BCUT2D eigenvalue weighted by Crippen LogP contribution is 2.24. The summed E-state index contributed by atoms with van der Waals surface area (Å²) in [5, 5.41) is 0. The Morgan fingerprint density at radius 3 is 2.00 bits per heavy atom. The summed E-state index contributed by atoms with van der Waals surface area (Å²) >= 11 is 0. The Kier molecular flexibility index (Phi) is 6.78. The quantitative estimate of drug-likeness (QED) is 0.500. The van der Waals surface area contributed by atoms with Gasteiger partial charge in [-0.25, -0.2) is 0 Å². The molecule has 0 aliphatic carbocycles. The Labute approximate surface area is 161 Å². The van der Waals surface area contributed by atoms with Gasteiger partial charge in [-0.15, -0.1) is 0 Å². The predicted molar refractivity (Wildman–Crippen MR) is 107 cm³/mol. The number of carbonyl (C=O) groups is 2. The van der Waals surface area contributed by atoms with Crippen molar-refractivity contribution in [1.82, 2.24) is 0 Å². The molecule has 0 amide bonds. The molecule has 0 radical (unpaired) electrons. The van der Waals surface area contributed by atoms with Crippen LogP contribution in [0.5, 0.6) is 11.5 Å². The SMILES string of the molecule is CC(C)c1ccc(OC(C=O)C(=O)COc2ccc(C(C)(C)C)cc2)cc1. The number of benzene rings is 2. The van der Waals surface area contributed by atoms with E-state index in [2.05, 4.69) is 34.6 Å². The molecule has 2 aromatic carbocycles. The highest BCUT2D eigenvalue weighted by Gasteiger charge is 2.20. The van der Waals surface area contributed by atoms with Crippen molar-refractivity contribution in [2.24, 2.45) is 0 Å². The molecule has 0 aromatic heterocycles. The largest absolute Gasteiger partial charge is 0.486 e. The van der Waals surface area contributed by atoms with Crippen molar-refractivity contribution >= 4 is 12.1 Å². The summed E-state index contributed by atoms with van der Waals surface area (Å²) in [7, 11) is 0. The zero-order chi connectivity index (χ0) is 20.0. The van der Waals surface area contributed by atoms with Gasteiger partial charge in [0.2, 0.25) is 11.9 Å². The van der Waals surface area contributed by atoms with Crippen molar-refractivity contribution in [3.05, 3.63) is 59.7 Å². The normalized spacial score (nSPS) is 12.5. The van der Waals surface area contributed by atoms with Gasteiger partial charge in [0.1, 0.15) is 11.5 Å². The van der Waals surface area contributed by atoms with E-state index < -0.39 is 11.9 Å². The van der Waals surface area contributed by atoms with Crippen LogP contribution in [0.25, 0.3) is 0 Å². The third-order valence-electron chi connectivity index (χ3n) is 4.35. The molecule has 0 aliphatic heterocycles. The highest BCUT2D eigenvalue weighted by atomic mass is 16.5. The zero-order valence-electron chi connectivity index (χ0n) is 16.7. The van der Waals surface area contributed by atoms with Crippen LogP contribution in [0.1, 0.15) is 51.7 Å². The molecule has 2 aromatic rings. The molecule has 0 N–H and O–H groups in total. The van der Waals surface area contributed by atoms with E-state index in [4.69, 9.17) is 9.47 Å². The summed E-state index contributed by atoms with van der Waals surface area (Å²) in [6, 6.07) is 15.0. The van der Waals surface area contributed by atoms with Crippen molar-refractivity contribution in [2.45, 2.75) is 52.1 Å². The van der Waals surface area contributed by atoms with E-state index in [9.17, 15) is 9.59 Å². The summed E-state index contributed by atoms with van der Waals surface area (Å²) in [5.41, 5.74) is 2.40. The summed E-state index contributed by atoms with van der Waals surface area (Å²) in [5.74, 6) is 1.06. The number of hydrogen-bond acceptors (Lipinski definition) is 4. The maximum absolute atomic E-state index is 12.3. The van der Waals surface area contributed by atoms with Gasteiger partial charge in [-0.3, -0.25) is 9.59 Å². The summed E-state index contributed by atoms with van der Waals surface area (Å²) in [4.78, 5) is 23.6. The van der Waals surface area contributed by atoms with E-state index in [1.165, 1.54) is 11.1 Å². The van der Waals surface area contributed by atoms with Gasteiger partial charge >= 0.3 is 0 Å². The number of ketones is 1. The molecular weight excluding hydrogens is 340 g/mol. The molecule has 4 heteroatoms. The van der Waals surface area contributed by atoms with Crippen molar-refractivity contribution in [3.63, 3.8) is 0 Å². The molecule has 0 bridgehead atoms. The Morgan fingerprint density at radius 1 is 0.963 bits per heavy atom. The fraction of sp³-hybridized carbons (Fsp3) is 0.391. The number of Topliss-reactive ketones (excluding diaryl/α,β-unsaturated/α-hetero) is 1. The molecule has 4 nitrogen and oxygen atoms in total. The lowest BCUT2D eigenvalue weighted by Gasteiger charge is -2.19. The maximum Gasteiger partial charge on any atom is 0.217 e. The Balaban J connectivity index is 1.93. The first-order valence-corrected chi connectivity index (χ1v) is 9.18. The summed E-state index contributed by atoms with van der Waals surface area (Å²) in [6.45, 7) is 10.4. The second kappa shape index (κ2) is 8.85. The van der Waals surface area contributed by atoms with Gasteiger partial charge in [0.05, 0.1) is 0 Å². The number of carbonyl (C=O) groups excluding carboxylic acids is 2. The van der Waals surface area contributed by atoms with Crippen molar-refractivity contribution in [1.29, 1.82) is 0 Å². The Hall–Kier alpha value is -2.62. The molecule has 27 heavy (non-hydrogen) atoms. The first-order chi connectivity index (χ1) is 12.7. The molecule has 1 atom stereocenters. The molecule has 144 valence electrons. The van der Waals surface area contributed by atoms with Gasteiger partial charge < -0.3 is 9.47 Å². The molecular formula is C23H28O4. The van der Waals surface area contributed by atoms with Crippen LogP contribution in [0, 0.1) is 0 Å². The van der Waals surface area contributed by atoms with Gasteiger partial charge in [-0.05, 0) is 46.7 Å². The van der Waals surface area contributed by atoms with Crippen LogP contribution in [0.15, 0.2) is 48.5 Å². The second-order valence-corrected chi connectivity index (χ2v) is 7.93. The first-order valence-electron chi connectivity index (χ1n) is 9.18. The lowest BCUT2D eigenvalue weighted by Crippen LogP contribution is -2.33. The van der Waals surface area contributed by atoms with Crippen LogP contribution in [0.3, 0.4) is 0 Å². The average molecular weight is 368 g/mol. The van der Waals surface area contributed by atoms with Crippen LogP contribution in [0.4, 0.5) is 0 Å². The van der Waals surface area contributed by atoms with Crippen LogP contribution >= 0.6 is 0 Å². The topological polar surface area (TPSA) is 52.6 Å². The standard InChI is InChI=1S/C23H28O4/c1-16(2)17-6-10-20(11-7-17)27-22(14-24)21(25)15-26-19-12-8-18(9-13-19)23(3,4)5/h6-14,16,22H,15H2,1-5H3. The first kappa shape index (κ1) is 20.7. The second-order valence-electron chi connectivity index (χ2n) is 7.93. The van der Waals surface area contributed by atoms with E-state index in [0.29, 0.717) is 23.7 Å². The van der Waals surface area contributed by atoms with Gasteiger partial charge in [0, 0.05) is 0 Å². The third-order valence-corrected chi connectivity index (χ3v) is 4.35. The molecule has 1 unspecified atom stereocenters. The van der Waals surface area contributed by atoms with E-state index in [1.807, 2.05) is 36.4 Å². The summed E-state index contributed by atoms with van der Waals surface area (Å²) in [6.07, 6.45) is -0.672. The van der Waals surface area contributed by atoms with E-state index in [1.54, 1.807) is 12.1 Å². The molecule has 0 saturated carbocycles. The third kappa shape index (κ3) is 5.95. The van der Waals surface area contributed by atoms with Crippen LogP contribution < -0.4 is 9.47 Å². The monoisotopic (exact) mass is 368 g/mol. The summed E-state index contributed by atoms with van der Waals surface area (Å²) < 4.78 is 11.0. The molecule has 0 saturated heterocycles. The Morgan fingerprint density at radius 2 is 1.52 bits per heavy atom. The molecule has 2 rings (SSSR count). The van der Waals surface area contributed by atoms with Gasteiger partial charge in [0.15, 0.2) is 12.9 Å². The fourth-order valence-corrected chi connectivity index (χ4v) is 2.54. The Bertz CT molecular complexity index is 752. The lowest BCUT2D eigenvalue weighted by molar-refractivity contribution is -0.132. The molecule has 0 heterocycles. The van der Waals surface area contributed by atoms with E-state index in [-0.39, 0.29) is 12.0 Å². The van der Waals surface area contributed by atoms with Crippen LogP contribution in [-0.4, -0.2) is 24.8 Å². The average Bonchev–Trinajstić information content (AvgIpc) is 2.64. The minimum Gasteiger partial charge on any atom is -0.486 e.